The highest BCUT2D eigenvalue weighted by Gasteiger charge is 2.15. The third kappa shape index (κ3) is 5.80. The number of hydrogen-bond acceptors (Lipinski definition) is 5. The average molecular weight is 315 g/mol. The maximum absolute atomic E-state index is 12.1. The first kappa shape index (κ1) is 17.6. The van der Waals surface area contributed by atoms with Crippen LogP contribution >= 0.6 is 0 Å². The molecule has 4 N–H and O–H groups in total. The van der Waals surface area contributed by atoms with E-state index in [1.165, 1.54) is 6.07 Å². The predicted molar refractivity (Wildman–Crippen MR) is 79.1 cm³/mol. The summed E-state index contributed by atoms with van der Waals surface area (Å²) in [6, 6.07) is 6.75. The number of carbonyl (C=O) groups is 1. The summed E-state index contributed by atoms with van der Waals surface area (Å²) in [5.41, 5.74) is 5.78. The second-order valence-electron chi connectivity index (χ2n) is 4.50. The van der Waals surface area contributed by atoms with Crippen molar-refractivity contribution in [1.82, 2.24) is 10.0 Å². The van der Waals surface area contributed by atoms with Gasteiger partial charge in [-0.1, -0.05) is 12.1 Å². The lowest BCUT2D eigenvalue weighted by molar-refractivity contribution is -0.122. The maximum Gasteiger partial charge on any atom is 0.243 e. The van der Waals surface area contributed by atoms with Crippen molar-refractivity contribution in [2.75, 3.05) is 26.8 Å². The topological polar surface area (TPSA) is 111 Å². The Morgan fingerprint density at radius 1 is 1.43 bits per heavy atom. The van der Waals surface area contributed by atoms with E-state index in [1.807, 2.05) is 13.0 Å². The van der Waals surface area contributed by atoms with Crippen molar-refractivity contribution in [1.29, 1.82) is 0 Å². The van der Waals surface area contributed by atoms with Gasteiger partial charge in [0.05, 0.1) is 11.5 Å². The van der Waals surface area contributed by atoms with Crippen molar-refractivity contribution in [3.05, 3.63) is 29.8 Å². The molecule has 0 aromatic heterocycles. The molecule has 0 saturated heterocycles. The van der Waals surface area contributed by atoms with Crippen LogP contribution in [0.3, 0.4) is 0 Å². The molecular weight excluding hydrogens is 294 g/mol. The molecule has 0 spiro atoms. The van der Waals surface area contributed by atoms with Crippen molar-refractivity contribution < 1.29 is 17.9 Å². The first-order chi connectivity index (χ1) is 9.86. The Hall–Kier alpha value is -1.48. The summed E-state index contributed by atoms with van der Waals surface area (Å²) < 4.78 is 31.5. The van der Waals surface area contributed by atoms with Gasteiger partial charge < -0.3 is 15.8 Å². The summed E-state index contributed by atoms with van der Waals surface area (Å²) >= 11 is 0. The van der Waals surface area contributed by atoms with Crippen LogP contribution in [0.5, 0.6) is 0 Å². The first-order valence-electron chi connectivity index (χ1n) is 6.49. The summed E-state index contributed by atoms with van der Waals surface area (Å²) in [5.74, 6) is -0.591. The zero-order chi connectivity index (χ0) is 15.9. The molecule has 1 amide bonds. The van der Waals surface area contributed by atoms with Crippen LogP contribution in [0.25, 0.3) is 0 Å². The summed E-state index contributed by atoms with van der Waals surface area (Å²) in [6.45, 7) is 1.87. The molecule has 0 bridgehead atoms. The molecular formula is C13H21N3O4S. The minimum atomic E-state index is -3.60. The van der Waals surface area contributed by atoms with Crippen LogP contribution in [-0.4, -0.2) is 41.1 Å². The molecule has 8 heteroatoms. The Bertz CT molecular complexity index is 575. The van der Waals surface area contributed by atoms with Gasteiger partial charge >= 0.3 is 0 Å². The van der Waals surface area contributed by atoms with Crippen LogP contribution in [0.15, 0.2) is 29.2 Å². The quantitative estimate of drug-likeness (QED) is 0.544. The van der Waals surface area contributed by atoms with Gasteiger partial charge in [0, 0.05) is 12.6 Å². The molecule has 0 aliphatic rings. The van der Waals surface area contributed by atoms with E-state index >= 15 is 0 Å². The molecule has 21 heavy (non-hydrogen) atoms. The van der Waals surface area contributed by atoms with Gasteiger partial charge in [-0.3, -0.25) is 4.79 Å². The van der Waals surface area contributed by atoms with Gasteiger partial charge in [-0.15, -0.1) is 0 Å². The highest BCUT2D eigenvalue weighted by molar-refractivity contribution is 7.89. The number of primary amides is 1. The van der Waals surface area contributed by atoms with Crippen molar-refractivity contribution in [3.63, 3.8) is 0 Å². The normalized spacial score (nSPS) is 13.0. The van der Waals surface area contributed by atoms with Gasteiger partial charge in [-0.2, -0.15) is 0 Å². The number of benzene rings is 1. The molecule has 0 saturated carbocycles. The third-order valence-electron chi connectivity index (χ3n) is 2.88. The number of amides is 1. The zero-order valence-corrected chi connectivity index (χ0v) is 12.9. The molecule has 0 radical (unpaired) electrons. The van der Waals surface area contributed by atoms with Gasteiger partial charge in [0.1, 0.15) is 6.61 Å². The summed E-state index contributed by atoms with van der Waals surface area (Å²) in [5, 5.41) is 3.05. The second kappa shape index (κ2) is 8.08. The molecule has 1 rings (SSSR count). The fourth-order valence-electron chi connectivity index (χ4n) is 1.62. The zero-order valence-electron chi connectivity index (χ0n) is 12.1. The van der Waals surface area contributed by atoms with Crippen LogP contribution in [0.4, 0.5) is 0 Å². The predicted octanol–water partition coefficient (Wildman–Crippen LogP) is -0.253. The summed E-state index contributed by atoms with van der Waals surface area (Å²) in [6.07, 6.45) is 0. The Labute approximate surface area is 124 Å². The molecule has 1 aromatic carbocycles. The fraction of sp³-hybridized carbons (Fsp3) is 0.462. The van der Waals surface area contributed by atoms with Crippen molar-refractivity contribution in [2.45, 2.75) is 17.9 Å². The first-order valence-corrected chi connectivity index (χ1v) is 7.98. The minimum absolute atomic E-state index is 0.0547. The van der Waals surface area contributed by atoms with E-state index in [0.29, 0.717) is 0 Å². The fourth-order valence-corrected chi connectivity index (χ4v) is 2.69. The molecule has 1 unspecified atom stereocenters. The van der Waals surface area contributed by atoms with Crippen LogP contribution in [0.1, 0.15) is 18.5 Å². The van der Waals surface area contributed by atoms with Crippen LogP contribution < -0.4 is 15.8 Å². The summed E-state index contributed by atoms with van der Waals surface area (Å²) in [7, 11) is -1.79. The van der Waals surface area contributed by atoms with Crippen LogP contribution in [0.2, 0.25) is 0 Å². The van der Waals surface area contributed by atoms with Crippen molar-refractivity contribution >= 4 is 15.9 Å². The second-order valence-corrected chi connectivity index (χ2v) is 6.27. The number of sulfonamides is 1. The Balaban J connectivity index is 2.64. The van der Waals surface area contributed by atoms with E-state index < -0.39 is 15.9 Å². The molecule has 1 atom stereocenters. The number of rotatable bonds is 9. The lowest BCUT2D eigenvalue weighted by Gasteiger charge is -2.12. The average Bonchev–Trinajstić information content (AvgIpc) is 2.45. The molecule has 0 fully saturated rings. The van der Waals surface area contributed by atoms with Crippen molar-refractivity contribution in [3.8, 4) is 0 Å². The highest BCUT2D eigenvalue weighted by atomic mass is 32.2. The Morgan fingerprint density at radius 2 is 2.14 bits per heavy atom. The highest BCUT2D eigenvalue weighted by Crippen LogP contribution is 2.16. The molecule has 118 valence electrons. The minimum Gasteiger partial charge on any atom is -0.370 e. The van der Waals surface area contributed by atoms with Gasteiger partial charge in [-0.05, 0) is 31.7 Å². The smallest absolute Gasteiger partial charge is 0.243 e. The molecule has 0 aliphatic heterocycles. The monoisotopic (exact) mass is 315 g/mol. The molecule has 1 aromatic rings. The van der Waals surface area contributed by atoms with E-state index in [0.717, 1.165) is 5.56 Å². The number of nitrogens with one attached hydrogen (secondary N) is 2. The van der Waals surface area contributed by atoms with Crippen LogP contribution in [-0.2, 0) is 19.6 Å². The SMILES string of the molecule is CNC(C)c1cccc(S(=O)(=O)NCCOCC(N)=O)c1. The summed E-state index contributed by atoms with van der Waals surface area (Å²) in [4.78, 5) is 10.7. The van der Waals surface area contributed by atoms with Crippen molar-refractivity contribution in [2.24, 2.45) is 5.73 Å². The number of ether oxygens (including phenoxy) is 1. The number of hydrogen-bond donors (Lipinski definition) is 3. The standard InChI is InChI=1S/C13H21N3O4S/c1-10(15-2)11-4-3-5-12(8-11)21(18,19)16-6-7-20-9-13(14)17/h3-5,8,10,15-16H,6-7,9H2,1-2H3,(H2,14,17). The number of nitrogens with two attached hydrogens (primary N) is 1. The third-order valence-corrected chi connectivity index (χ3v) is 4.34. The van der Waals surface area contributed by atoms with E-state index in [9.17, 15) is 13.2 Å². The maximum atomic E-state index is 12.1. The van der Waals surface area contributed by atoms with E-state index in [4.69, 9.17) is 10.5 Å². The van der Waals surface area contributed by atoms with E-state index in [1.54, 1.807) is 19.2 Å². The Kier molecular flexibility index (Phi) is 6.76. The number of carbonyl (C=O) groups excluding carboxylic acids is 1. The van der Waals surface area contributed by atoms with E-state index in [2.05, 4.69) is 10.0 Å². The Morgan fingerprint density at radius 3 is 2.76 bits per heavy atom. The molecule has 0 heterocycles. The molecule has 7 nitrogen and oxygen atoms in total. The van der Waals surface area contributed by atoms with Gasteiger partial charge in [0.2, 0.25) is 15.9 Å². The van der Waals surface area contributed by atoms with Gasteiger partial charge in [0.15, 0.2) is 0 Å². The molecule has 0 aliphatic carbocycles. The van der Waals surface area contributed by atoms with Gasteiger partial charge in [0.25, 0.3) is 0 Å². The van der Waals surface area contributed by atoms with Crippen LogP contribution in [0, 0.1) is 0 Å². The lowest BCUT2D eigenvalue weighted by atomic mass is 10.1. The largest absolute Gasteiger partial charge is 0.370 e. The lowest BCUT2D eigenvalue weighted by Crippen LogP contribution is -2.29. The van der Waals surface area contributed by atoms with E-state index in [-0.39, 0.29) is 30.7 Å². The van der Waals surface area contributed by atoms with Gasteiger partial charge in [-0.25, -0.2) is 13.1 Å².